The summed E-state index contributed by atoms with van der Waals surface area (Å²) >= 11 is 0. The van der Waals surface area contributed by atoms with Crippen LogP contribution < -0.4 is 0 Å². The van der Waals surface area contributed by atoms with Gasteiger partial charge in [0, 0.05) is 0 Å². The average Bonchev–Trinajstić information content (AvgIpc) is 1.65. The Hall–Kier alpha value is 1.08. The van der Waals surface area contributed by atoms with Gasteiger partial charge in [0.2, 0.25) is 0 Å². The summed E-state index contributed by atoms with van der Waals surface area (Å²) in [4.78, 5) is 0. The lowest BCUT2D eigenvalue weighted by Gasteiger charge is -2.26. The molecule has 0 aliphatic carbocycles. The largest absolute Gasteiger partial charge is 0.129 e. The van der Waals surface area contributed by atoms with Gasteiger partial charge in [-0.1, -0.05) is 13.1 Å². The van der Waals surface area contributed by atoms with Crippen molar-refractivity contribution in [1.82, 2.24) is 0 Å². The van der Waals surface area contributed by atoms with Crippen molar-refractivity contribution in [3.63, 3.8) is 0 Å². The fraction of sp³-hybridized carbons (Fsp3) is 1.00. The molecule has 3 heteroatoms. The highest BCUT2D eigenvalue weighted by Crippen LogP contribution is 2.46. The molecule has 1 saturated heterocycles. The highest BCUT2D eigenvalue weighted by molar-refractivity contribution is 8.12. The quantitative estimate of drug-likeness (QED) is 0.381. The zero-order valence-electron chi connectivity index (χ0n) is 5.62. The predicted octanol–water partition coefficient (Wildman–Crippen LogP) is 2.45. The molecule has 0 spiro atoms. The first kappa shape index (κ1) is 7.19. The Balaban J connectivity index is 2.33. The number of hydrogen-bond donors (Lipinski definition) is 0. The highest BCUT2D eigenvalue weighted by atomic mass is 31.6. The van der Waals surface area contributed by atoms with E-state index in [0.717, 1.165) is 0 Å². The van der Waals surface area contributed by atoms with E-state index < -0.39 is 7.41 Å². The van der Waals surface area contributed by atoms with Gasteiger partial charge in [-0.05, 0) is 18.7 Å². The van der Waals surface area contributed by atoms with Crippen LogP contribution in [0, 0.1) is 0 Å². The van der Waals surface area contributed by atoms with E-state index in [0.29, 0.717) is 0 Å². The molecule has 0 nitrogen and oxygen atoms in total. The van der Waals surface area contributed by atoms with E-state index in [2.05, 4.69) is 13.1 Å². The van der Waals surface area contributed by atoms with Crippen molar-refractivity contribution in [2.24, 2.45) is 0 Å². The van der Waals surface area contributed by atoms with Gasteiger partial charge in [0.1, 0.15) is 0 Å². The van der Waals surface area contributed by atoms with Crippen molar-refractivity contribution >= 4 is 23.7 Å². The second kappa shape index (κ2) is 2.77. The first-order valence-corrected chi connectivity index (χ1v) is 10.6. The van der Waals surface area contributed by atoms with Crippen LogP contribution in [0.2, 0.25) is 13.1 Å². The third kappa shape index (κ3) is 2.13. The van der Waals surface area contributed by atoms with Crippen molar-refractivity contribution in [2.45, 2.75) is 19.5 Å². The van der Waals surface area contributed by atoms with Crippen molar-refractivity contribution in [3.05, 3.63) is 0 Å². The Morgan fingerprint density at radius 3 is 1.88 bits per heavy atom. The van der Waals surface area contributed by atoms with Crippen molar-refractivity contribution < 1.29 is 0 Å². The van der Waals surface area contributed by atoms with Gasteiger partial charge in [-0.15, -0.1) is 16.3 Å². The van der Waals surface area contributed by atoms with Gasteiger partial charge in [-0.2, -0.15) is 0 Å². The topological polar surface area (TPSA) is 0 Å². The maximum Gasteiger partial charge on any atom is 0.0952 e. The Morgan fingerprint density at radius 2 is 1.62 bits per heavy atom. The lowest BCUT2D eigenvalue weighted by molar-refractivity contribution is 1.12. The Bertz CT molecular complexity index is 74.5. The van der Waals surface area contributed by atoms with Gasteiger partial charge in [-0.3, -0.25) is 0 Å². The lowest BCUT2D eigenvalue weighted by atomic mass is 10.6. The molecule has 0 aromatic rings. The number of hydrogen-bond acceptors (Lipinski definition) is 0. The van der Waals surface area contributed by atoms with Crippen LogP contribution in [0.4, 0.5) is 0 Å². The van der Waals surface area contributed by atoms with Crippen LogP contribution in [-0.2, 0) is 0 Å². The zero-order valence-corrected chi connectivity index (χ0v) is 8.62. The van der Waals surface area contributed by atoms with E-state index >= 15 is 0 Å². The molecular weight excluding hydrogens is 150 g/mol. The lowest BCUT2D eigenvalue weighted by Crippen LogP contribution is -2.16. The summed E-state index contributed by atoms with van der Waals surface area (Å²) in [6.45, 7) is 5.09. The van der Waals surface area contributed by atoms with Crippen LogP contribution in [0.15, 0.2) is 0 Å². The third-order valence-corrected chi connectivity index (χ3v) is 14.4. The first-order chi connectivity index (χ1) is 3.71. The van der Waals surface area contributed by atoms with E-state index in [9.17, 15) is 0 Å². The van der Waals surface area contributed by atoms with E-state index in [1.165, 1.54) is 22.7 Å². The van der Waals surface area contributed by atoms with Crippen LogP contribution >= 0.6 is 16.3 Å². The van der Waals surface area contributed by atoms with Crippen LogP contribution in [0.25, 0.3) is 0 Å². The minimum atomic E-state index is -0.535. The molecule has 1 heterocycles. The summed E-state index contributed by atoms with van der Waals surface area (Å²) in [6, 6.07) is 0. The molecule has 1 rings (SSSR count). The van der Waals surface area contributed by atoms with Gasteiger partial charge < -0.3 is 0 Å². The van der Waals surface area contributed by atoms with Gasteiger partial charge in [0.25, 0.3) is 0 Å². The van der Waals surface area contributed by atoms with Gasteiger partial charge in [0.15, 0.2) is 0 Å². The molecule has 0 N–H and O–H groups in total. The van der Waals surface area contributed by atoms with Gasteiger partial charge in [-0.25, -0.2) is 0 Å². The molecule has 0 amide bonds. The van der Waals surface area contributed by atoms with E-state index in [1.807, 2.05) is 0 Å². The summed E-state index contributed by atoms with van der Waals surface area (Å²) in [5.74, 6) is 0. The molecule has 1 fully saturated rings. The molecule has 0 aromatic carbocycles. The minimum absolute atomic E-state index is 0.535. The molecule has 2 unspecified atom stereocenters. The molecule has 48 valence electrons. The smallest absolute Gasteiger partial charge is 0.0952 e. The standard InChI is InChI=1S/C5H14P2Si/c1-8(2)6-4-3-5-7-8/h6-7H,3-5H2,1-2H3. The molecule has 0 bridgehead atoms. The van der Waals surface area contributed by atoms with Crippen LogP contribution in [0.5, 0.6) is 0 Å². The Morgan fingerprint density at radius 1 is 1.12 bits per heavy atom. The molecule has 1 aliphatic rings. The normalized spacial score (nSPS) is 33.8. The number of rotatable bonds is 0. The minimum Gasteiger partial charge on any atom is -0.129 e. The fourth-order valence-electron chi connectivity index (χ4n) is 0.953. The summed E-state index contributed by atoms with van der Waals surface area (Å²) < 4.78 is 0. The summed E-state index contributed by atoms with van der Waals surface area (Å²) in [6.07, 6.45) is 4.66. The van der Waals surface area contributed by atoms with Gasteiger partial charge >= 0.3 is 0 Å². The average molecular weight is 164 g/mol. The zero-order chi connectivity index (χ0) is 6.04. The van der Waals surface area contributed by atoms with Crippen molar-refractivity contribution in [1.29, 1.82) is 0 Å². The molecule has 0 saturated carbocycles. The summed E-state index contributed by atoms with van der Waals surface area (Å²) in [5, 5.41) is 0. The maximum absolute atomic E-state index is 2.54. The van der Waals surface area contributed by atoms with Crippen molar-refractivity contribution in [2.75, 3.05) is 12.3 Å². The second-order valence-electron chi connectivity index (χ2n) is 2.83. The van der Waals surface area contributed by atoms with Gasteiger partial charge in [0.05, 0.1) is 7.41 Å². The monoisotopic (exact) mass is 164 g/mol. The second-order valence-corrected chi connectivity index (χ2v) is 18.9. The molecule has 1 aliphatic heterocycles. The summed E-state index contributed by atoms with van der Waals surface area (Å²) in [7, 11) is 2.22. The Labute approximate surface area is 56.1 Å². The molecule has 2 atom stereocenters. The SMILES string of the molecule is C[Si]1(C)PCCCP1. The first-order valence-electron chi connectivity index (χ1n) is 3.21. The van der Waals surface area contributed by atoms with Crippen molar-refractivity contribution in [3.8, 4) is 0 Å². The van der Waals surface area contributed by atoms with Crippen LogP contribution in [-0.4, -0.2) is 19.7 Å². The van der Waals surface area contributed by atoms with Crippen LogP contribution in [0.1, 0.15) is 6.42 Å². The third-order valence-electron chi connectivity index (χ3n) is 1.49. The molecule has 8 heavy (non-hydrogen) atoms. The van der Waals surface area contributed by atoms with E-state index in [1.54, 1.807) is 12.3 Å². The fourth-order valence-corrected chi connectivity index (χ4v) is 11.9. The van der Waals surface area contributed by atoms with E-state index in [4.69, 9.17) is 0 Å². The molecule has 0 radical (unpaired) electrons. The van der Waals surface area contributed by atoms with E-state index in [-0.39, 0.29) is 0 Å². The molecular formula is C5H14P2Si. The van der Waals surface area contributed by atoms with Crippen LogP contribution in [0.3, 0.4) is 0 Å². The maximum atomic E-state index is 2.54. The highest BCUT2D eigenvalue weighted by Gasteiger charge is 2.22. The Kier molecular flexibility index (Phi) is 2.49. The molecule has 0 aromatic heterocycles. The summed E-state index contributed by atoms with van der Waals surface area (Å²) in [5.41, 5.74) is 0. The predicted molar refractivity (Wildman–Crippen MR) is 48.5 cm³/mol.